The summed E-state index contributed by atoms with van der Waals surface area (Å²) in [4.78, 5) is 16.2. The normalized spacial score (nSPS) is 16.7. The Balaban J connectivity index is 1.43. The molecule has 2 aromatic carbocycles. The molecule has 206 valence electrons. The summed E-state index contributed by atoms with van der Waals surface area (Å²) in [7, 11) is 0. The summed E-state index contributed by atoms with van der Waals surface area (Å²) >= 11 is 0.203. The number of amides is 1. The van der Waals surface area contributed by atoms with Crippen LogP contribution in [0.15, 0.2) is 58.1 Å². The minimum absolute atomic E-state index is 0.0535. The highest BCUT2D eigenvalue weighted by molar-refractivity contribution is 8.27. The molecule has 0 aliphatic carbocycles. The third kappa shape index (κ3) is 6.62. The largest absolute Gasteiger partial charge is 0.490 e. The van der Waals surface area contributed by atoms with Crippen molar-refractivity contribution in [2.75, 3.05) is 19.8 Å². The smallest absolute Gasteiger partial charge is 0.441 e. The van der Waals surface area contributed by atoms with Gasteiger partial charge >= 0.3 is 6.18 Å². The van der Waals surface area contributed by atoms with Gasteiger partial charge in [0.05, 0.1) is 12.2 Å². The van der Waals surface area contributed by atoms with Crippen LogP contribution in [0.25, 0.3) is 6.08 Å². The van der Waals surface area contributed by atoms with Gasteiger partial charge < -0.3 is 14.2 Å². The average Bonchev–Trinajstić information content (AvgIpc) is 3.30. The zero-order chi connectivity index (χ0) is 28.4. The topological polar surface area (TPSA) is 96.6 Å². The monoisotopic (exact) mass is 560 g/mol. The minimum Gasteiger partial charge on any atom is -0.490 e. The lowest BCUT2D eigenvalue weighted by Crippen LogP contribution is -2.35. The molecular weight excluding hydrogens is 533 g/mol. The number of hydrogen-bond acceptors (Lipinski definition) is 7. The number of ether oxygens (including phenoxy) is 3. The third-order valence-electron chi connectivity index (χ3n) is 5.61. The lowest BCUT2D eigenvalue weighted by Gasteiger charge is -2.20. The molecule has 0 aromatic heterocycles. The number of carbonyl (C=O) groups is 1. The van der Waals surface area contributed by atoms with Gasteiger partial charge in [-0.25, -0.2) is 0 Å². The molecule has 0 saturated heterocycles. The minimum atomic E-state index is -4.71. The molecule has 4 rings (SSSR count). The number of hydrogen-bond donors (Lipinski definition) is 1. The molecule has 1 amide bonds. The van der Waals surface area contributed by atoms with E-state index < -0.39 is 23.0 Å². The van der Waals surface area contributed by atoms with E-state index in [-0.39, 0.29) is 34.5 Å². The van der Waals surface area contributed by atoms with Crippen LogP contribution in [-0.2, 0) is 10.2 Å². The van der Waals surface area contributed by atoms with E-state index in [4.69, 9.17) is 19.6 Å². The van der Waals surface area contributed by atoms with Gasteiger partial charge in [-0.05, 0) is 65.6 Å². The summed E-state index contributed by atoms with van der Waals surface area (Å²) in [5.41, 5.74) is 1.53. The van der Waals surface area contributed by atoms with Crippen LogP contribution in [0.4, 0.5) is 13.2 Å². The fourth-order valence-electron chi connectivity index (χ4n) is 3.64. The Morgan fingerprint density at radius 3 is 2.33 bits per heavy atom. The van der Waals surface area contributed by atoms with E-state index >= 15 is 0 Å². The maximum atomic E-state index is 13.0. The average molecular weight is 561 g/mol. The number of hydrazone groups is 1. The van der Waals surface area contributed by atoms with Gasteiger partial charge in [-0.2, -0.15) is 28.3 Å². The first-order chi connectivity index (χ1) is 18.4. The Kier molecular flexibility index (Phi) is 8.05. The molecule has 2 aromatic rings. The van der Waals surface area contributed by atoms with Crippen molar-refractivity contribution in [3.63, 3.8) is 0 Å². The molecule has 0 atom stereocenters. The van der Waals surface area contributed by atoms with Gasteiger partial charge in [-0.3, -0.25) is 10.2 Å². The van der Waals surface area contributed by atoms with E-state index in [9.17, 15) is 18.0 Å². The third-order valence-corrected chi connectivity index (χ3v) is 6.56. The van der Waals surface area contributed by atoms with Crippen LogP contribution in [0.3, 0.4) is 0 Å². The van der Waals surface area contributed by atoms with Crippen molar-refractivity contribution in [2.45, 2.75) is 39.3 Å². The summed E-state index contributed by atoms with van der Waals surface area (Å²) in [5, 5.41) is 10.9. The molecule has 0 spiro atoms. The van der Waals surface area contributed by atoms with Crippen LogP contribution >= 0.6 is 11.8 Å². The molecule has 2 heterocycles. The molecule has 0 radical (unpaired) electrons. The van der Waals surface area contributed by atoms with Crippen molar-refractivity contribution in [3.05, 3.63) is 59.2 Å². The maximum absolute atomic E-state index is 13.0. The molecule has 0 unspecified atom stereocenters. The second kappa shape index (κ2) is 11.1. The molecule has 1 N–H and O–H groups in total. The highest BCUT2D eigenvalue weighted by Crippen LogP contribution is 2.36. The van der Waals surface area contributed by atoms with Crippen LogP contribution in [0.1, 0.15) is 38.8 Å². The van der Waals surface area contributed by atoms with Crippen molar-refractivity contribution in [3.8, 4) is 17.2 Å². The zero-order valence-electron chi connectivity index (χ0n) is 21.8. The van der Waals surface area contributed by atoms with Gasteiger partial charge in [-0.1, -0.05) is 39.0 Å². The molecule has 8 nitrogen and oxygen atoms in total. The molecule has 0 bridgehead atoms. The number of benzene rings is 2. The number of halogens is 3. The predicted octanol–water partition coefficient (Wildman–Crippen LogP) is 6.02. The lowest BCUT2D eigenvalue weighted by atomic mass is 9.87. The van der Waals surface area contributed by atoms with E-state index in [1.54, 1.807) is 25.1 Å². The lowest BCUT2D eigenvalue weighted by molar-refractivity contribution is -0.114. The first kappa shape index (κ1) is 28.2. The van der Waals surface area contributed by atoms with Gasteiger partial charge in [0.1, 0.15) is 19.0 Å². The molecule has 39 heavy (non-hydrogen) atoms. The van der Waals surface area contributed by atoms with E-state index in [1.165, 1.54) is 11.6 Å². The predicted molar refractivity (Wildman–Crippen MR) is 145 cm³/mol. The summed E-state index contributed by atoms with van der Waals surface area (Å²) in [6, 6.07) is 12.8. The van der Waals surface area contributed by atoms with E-state index in [0.29, 0.717) is 35.3 Å². The number of nitrogens with one attached hydrogen (secondary N) is 1. The van der Waals surface area contributed by atoms with Crippen molar-refractivity contribution in [1.29, 1.82) is 5.41 Å². The van der Waals surface area contributed by atoms with E-state index in [2.05, 4.69) is 30.9 Å². The number of amidine groups is 2. The number of nitrogens with zero attached hydrogens (tertiary/aromatic N) is 3. The molecule has 2 aliphatic rings. The first-order valence-corrected chi connectivity index (χ1v) is 12.9. The molecule has 12 heteroatoms. The van der Waals surface area contributed by atoms with Crippen LogP contribution in [0.2, 0.25) is 0 Å². The molecule has 2 aliphatic heterocycles. The Hall–Kier alpha value is -3.80. The highest BCUT2D eigenvalue weighted by Gasteiger charge is 2.46. The van der Waals surface area contributed by atoms with Gasteiger partial charge in [0.15, 0.2) is 17.3 Å². The number of aliphatic imine (C=N–C) groups is 1. The van der Waals surface area contributed by atoms with Crippen molar-refractivity contribution >= 4 is 39.8 Å². The number of thioether (sulfide) groups is 1. The highest BCUT2D eigenvalue weighted by atomic mass is 32.2. The second-order valence-electron chi connectivity index (χ2n) is 9.53. The fraction of sp³-hybridized carbons (Fsp3) is 0.333. The molecule has 0 fully saturated rings. The Morgan fingerprint density at radius 2 is 1.69 bits per heavy atom. The number of carbonyl (C=O) groups excluding carboxylic acids is 1. The number of rotatable bonds is 8. The maximum Gasteiger partial charge on any atom is 0.441 e. The van der Waals surface area contributed by atoms with Crippen LogP contribution in [0, 0.1) is 5.41 Å². The quantitative estimate of drug-likeness (QED) is 0.313. The second-order valence-corrected chi connectivity index (χ2v) is 10.5. The Morgan fingerprint density at radius 1 is 1.00 bits per heavy atom. The van der Waals surface area contributed by atoms with Gasteiger partial charge in [0.2, 0.25) is 10.2 Å². The van der Waals surface area contributed by atoms with Crippen LogP contribution in [-0.4, -0.2) is 53.0 Å². The van der Waals surface area contributed by atoms with Crippen molar-refractivity contribution < 1.29 is 32.2 Å². The van der Waals surface area contributed by atoms with Crippen LogP contribution < -0.4 is 14.2 Å². The fourth-order valence-corrected chi connectivity index (χ4v) is 4.40. The first-order valence-electron chi connectivity index (χ1n) is 12.1. The number of alkyl halides is 3. The summed E-state index contributed by atoms with van der Waals surface area (Å²) in [5.74, 6) is 0.249. The molecule has 0 saturated carbocycles. The summed E-state index contributed by atoms with van der Waals surface area (Å²) < 4.78 is 56.4. The standard InChI is InChI=1S/C27H27F3N4O4S/c1-5-36-21-15-16(14-19-22(31)34-25(32-23(19)35)39-24(33-34)27(28,29)30)6-11-20(21)38-13-12-37-18-9-7-17(8-10-18)26(2,3)4/h6-11,14-15,31H,5,12-13H2,1-4H3/b19-14-,31-22?. The number of fused-ring (bicyclic) bond motifs is 1. The van der Waals surface area contributed by atoms with Gasteiger partial charge in [-0.15, -0.1) is 0 Å². The van der Waals surface area contributed by atoms with E-state index in [1.807, 2.05) is 24.3 Å². The van der Waals surface area contributed by atoms with Crippen LogP contribution in [0.5, 0.6) is 17.2 Å². The Labute approximate surface area is 228 Å². The van der Waals surface area contributed by atoms with E-state index in [0.717, 1.165) is 5.75 Å². The Bertz CT molecular complexity index is 1360. The van der Waals surface area contributed by atoms with Gasteiger partial charge in [0.25, 0.3) is 5.91 Å². The summed E-state index contributed by atoms with van der Waals surface area (Å²) in [6.07, 6.45) is -3.35. The zero-order valence-corrected chi connectivity index (χ0v) is 22.6. The summed E-state index contributed by atoms with van der Waals surface area (Å²) in [6.45, 7) is 9.11. The molecular formula is C27H27F3N4O4S. The van der Waals surface area contributed by atoms with Gasteiger partial charge in [0, 0.05) is 0 Å². The van der Waals surface area contributed by atoms with Crippen molar-refractivity contribution in [2.24, 2.45) is 10.1 Å². The SMILES string of the molecule is CCOc1cc(/C=C2/C(=N)N3N=C(C(F)(F)F)SC3=NC2=O)ccc1OCCOc1ccc(C(C)(C)C)cc1. The van der Waals surface area contributed by atoms with Crippen molar-refractivity contribution in [1.82, 2.24) is 5.01 Å².